The third kappa shape index (κ3) is 6.71. The summed E-state index contributed by atoms with van der Waals surface area (Å²) in [5.74, 6) is 1.16. The van der Waals surface area contributed by atoms with Gasteiger partial charge in [0.25, 0.3) is 0 Å². The maximum absolute atomic E-state index is 4.23. The summed E-state index contributed by atoms with van der Waals surface area (Å²) < 4.78 is 0. The van der Waals surface area contributed by atoms with Gasteiger partial charge in [0.15, 0.2) is 0 Å². The van der Waals surface area contributed by atoms with Crippen LogP contribution in [0.3, 0.4) is 0 Å². The summed E-state index contributed by atoms with van der Waals surface area (Å²) in [6.07, 6.45) is 6.30. The zero-order valence-electron chi connectivity index (χ0n) is 17.4. The number of benzene rings is 2. The predicted molar refractivity (Wildman–Crippen MR) is 121 cm³/mol. The third-order valence-corrected chi connectivity index (χ3v) is 4.71. The molecule has 0 spiro atoms. The van der Waals surface area contributed by atoms with Crippen LogP contribution in [0, 0.1) is 0 Å². The first kappa shape index (κ1) is 21.0. The Labute approximate surface area is 166 Å². The first-order chi connectivity index (χ1) is 13.0. The number of nitrogens with zero attached hydrogens (tertiary/aromatic N) is 1. The zero-order valence-corrected chi connectivity index (χ0v) is 17.4. The van der Waals surface area contributed by atoms with Crippen molar-refractivity contribution in [3.8, 4) is 11.1 Å². The first-order valence-electron chi connectivity index (χ1n) is 10.1. The van der Waals surface area contributed by atoms with E-state index in [1.165, 1.54) is 40.6 Å². The molecular weight excluding hydrogens is 325 g/mol. The van der Waals surface area contributed by atoms with Crippen LogP contribution in [0.25, 0.3) is 11.1 Å². The van der Waals surface area contributed by atoms with Gasteiger partial charge in [-0.1, -0.05) is 94.7 Å². The monoisotopic (exact) mass is 357 g/mol. The Morgan fingerprint density at radius 3 is 1.74 bits per heavy atom. The average molecular weight is 357 g/mol. The minimum Gasteiger partial charge on any atom is -0.264 e. The van der Waals surface area contributed by atoms with Gasteiger partial charge in [-0.25, -0.2) is 0 Å². The lowest BCUT2D eigenvalue weighted by Gasteiger charge is -2.09. The number of aromatic nitrogens is 1. The van der Waals surface area contributed by atoms with E-state index in [-0.39, 0.29) is 0 Å². The second-order valence-corrected chi connectivity index (χ2v) is 7.67. The average Bonchev–Trinajstić information content (AvgIpc) is 2.70. The molecule has 140 valence electrons. The van der Waals surface area contributed by atoms with Gasteiger partial charge in [0.2, 0.25) is 0 Å². The molecule has 1 heterocycles. The molecule has 0 amide bonds. The Balaban J connectivity index is 0.000000199. The van der Waals surface area contributed by atoms with Gasteiger partial charge in [-0.05, 0) is 46.1 Å². The van der Waals surface area contributed by atoms with E-state index >= 15 is 0 Å². The van der Waals surface area contributed by atoms with Gasteiger partial charge < -0.3 is 0 Å². The fourth-order valence-corrected chi connectivity index (χ4v) is 2.89. The van der Waals surface area contributed by atoms with E-state index < -0.39 is 0 Å². The molecule has 0 aliphatic carbocycles. The molecule has 27 heavy (non-hydrogen) atoms. The Morgan fingerprint density at radius 1 is 0.741 bits per heavy atom. The van der Waals surface area contributed by atoms with Crippen molar-refractivity contribution in [2.75, 3.05) is 0 Å². The molecule has 0 unspecified atom stereocenters. The number of rotatable bonds is 5. The van der Waals surface area contributed by atoms with Crippen LogP contribution in [0.1, 0.15) is 56.2 Å². The van der Waals surface area contributed by atoms with E-state index in [1.807, 2.05) is 12.4 Å². The predicted octanol–water partition coefficient (Wildman–Crippen LogP) is 6.28. The van der Waals surface area contributed by atoms with Crippen LogP contribution in [-0.2, 0) is 6.42 Å². The maximum atomic E-state index is 4.23. The van der Waals surface area contributed by atoms with Gasteiger partial charge >= 0.3 is 0 Å². The lowest BCUT2D eigenvalue weighted by molar-refractivity contribution is 0.820. The molecule has 0 N–H and O–H groups in total. The van der Waals surface area contributed by atoms with Gasteiger partial charge in [-0.3, -0.25) is 4.98 Å². The van der Waals surface area contributed by atoms with Gasteiger partial charge in [-0.2, -0.15) is 0 Å². The minimum absolute atomic E-state index is 0.580. The van der Waals surface area contributed by atoms with Crippen LogP contribution in [0.4, 0.5) is 0 Å². The van der Waals surface area contributed by atoms with Gasteiger partial charge in [0, 0.05) is 12.4 Å². The Hall–Kier alpha value is -2.35. The summed E-state index contributed by atoms with van der Waals surface area (Å²) in [5, 5.41) is 0. The number of hydrogen-bond donors (Lipinski definition) is 0. The summed E-state index contributed by atoms with van der Waals surface area (Å²) in [7, 11) is 2.21. The molecule has 1 nitrogen and oxygen atoms in total. The Morgan fingerprint density at radius 2 is 1.26 bits per heavy atom. The van der Waals surface area contributed by atoms with Crippen LogP contribution in [0.15, 0.2) is 73.1 Å². The molecule has 1 aromatic heterocycles. The van der Waals surface area contributed by atoms with Crippen LogP contribution in [0.5, 0.6) is 0 Å². The molecule has 0 saturated heterocycles. The van der Waals surface area contributed by atoms with Gasteiger partial charge in [-0.15, -0.1) is 0 Å². The van der Waals surface area contributed by atoms with Crippen molar-refractivity contribution in [1.29, 1.82) is 0 Å². The third-order valence-electron chi connectivity index (χ3n) is 4.71. The topological polar surface area (TPSA) is 12.9 Å². The molecule has 0 radical (unpaired) electrons. The first-order valence-corrected chi connectivity index (χ1v) is 10.1. The van der Waals surface area contributed by atoms with Crippen LogP contribution >= 0.6 is 0 Å². The quantitative estimate of drug-likeness (QED) is 0.490. The molecule has 0 atom stereocenters. The van der Waals surface area contributed by atoms with Crippen molar-refractivity contribution < 1.29 is 0 Å². The molecule has 0 aliphatic heterocycles. The second kappa shape index (κ2) is 10.7. The van der Waals surface area contributed by atoms with E-state index in [0.29, 0.717) is 11.8 Å². The smallest absolute Gasteiger partial charge is 0.101 e. The fraction of sp³-hybridized carbons (Fsp3) is 0.320. The van der Waals surface area contributed by atoms with Gasteiger partial charge in [0.1, 0.15) is 7.85 Å². The summed E-state index contributed by atoms with van der Waals surface area (Å²) >= 11 is 0. The van der Waals surface area contributed by atoms with Crippen molar-refractivity contribution in [3.05, 3.63) is 89.7 Å². The Kier molecular flexibility index (Phi) is 8.32. The normalized spacial score (nSPS) is 10.6. The molecule has 0 aliphatic rings. The Bertz CT molecular complexity index is 769. The summed E-state index contributed by atoms with van der Waals surface area (Å²) in [4.78, 5) is 4.23. The summed E-state index contributed by atoms with van der Waals surface area (Å²) in [5.41, 5.74) is 6.69. The largest absolute Gasteiger partial charge is 0.264 e. The highest BCUT2D eigenvalue weighted by molar-refractivity contribution is 6.08. The lowest BCUT2D eigenvalue weighted by atomic mass is 9.96. The standard InChI is InChI=1S/C14H15B.C11H17N/c15-11-10-12-6-8-14(9-7-12)13-4-2-1-3-5-13;1-8(2)10-5-11(9(3)4)7-12-6-10/h1-9H,10-11,15H2;5-9H,1-4H3. The maximum Gasteiger partial charge on any atom is 0.101 e. The summed E-state index contributed by atoms with van der Waals surface area (Å²) in [6, 6.07) is 21.6. The molecule has 2 aromatic carbocycles. The molecule has 2 heteroatoms. The van der Waals surface area contributed by atoms with Crippen molar-refractivity contribution in [3.63, 3.8) is 0 Å². The van der Waals surface area contributed by atoms with E-state index in [0.717, 1.165) is 0 Å². The highest BCUT2D eigenvalue weighted by Crippen LogP contribution is 2.20. The van der Waals surface area contributed by atoms with Crippen LogP contribution in [0.2, 0.25) is 6.32 Å². The van der Waals surface area contributed by atoms with Crippen molar-refractivity contribution in [2.24, 2.45) is 0 Å². The highest BCUT2D eigenvalue weighted by Gasteiger charge is 2.03. The second-order valence-electron chi connectivity index (χ2n) is 7.67. The minimum atomic E-state index is 0.580. The molecule has 0 bridgehead atoms. The van der Waals surface area contributed by atoms with E-state index in [4.69, 9.17) is 0 Å². The van der Waals surface area contributed by atoms with Crippen molar-refractivity contribution in [1.82, 2.24) is 4.98 Å². The molecule has 0 fully saturated rings. The van der Waals surface area contributed by atoms with Gasteiger partial charge in [0.05, 0.1) is 0 Å². The molecular formula is C25H32BN. The summed E-state index contributed by atoms with van der Waals surface area (Å²) in [6.45, 7) is 8.78. The van der Waals surface area contributed by atoms with Crippen LogP contribution in [-0.4, -0.2) is 12.8 Å². The number of aryl methyl sites for hydroxylation is 1. The molecule has 0 saturated carbocycles. The van der Waals surface area contributed by atoms with Crippen molar-refractivity contribution in [2.45, 2.75) is 52.3 Å². The highest BCUT2D eigenvalue weighted by atomic mass is 14.6. The van der Waals surface area contributed by atoms with E-state index in [1.54, 1.807) is 0 Å². The van der Waals surface area contributed by atoms with E-state index in [9.17, 15) is 0 Å². The zero-order chi connectivity index (χ0) is 19.6. The van der Waals surface area contributed by atoms with Crippen LogP contribution < -0.4 is 0 Å². The van der Waals surface area contributed by atoms with Crippen molar-refractivity contribution >= 4 is 7.85 Å². The number of hydrogen-bond acceptors (Lipinski definition) is 1. The fourth-order valence-electron chi connectivity index (χ4n) is 2.89. The van der Waals surface area contributed by atoms with E-state index in [2.05, 4.69) is 101 Å². The lowest BCUT2D eigenvalue weighted by Crippen LogP contribution is -1.94. The number of pyridine rings is 1. The molecule has 3 rings (SSSR count). The molecule has 3 aromatic rings. The SMILES string of the molecule is BCCc1ccc(-c2ccccc2)cc1.CC(C)c1cncc(C(C)C)c1.